The number of nitrogens with two attached hydrogens (primary N) is 5. The van der Waals surface area contributed by atoms with Crippen LogP contribution in [-0.2, 0) is 33.6 Å². The van der Waals surface area contributed by atoms with Gasteiger partial charge in [0, 0.05) is 39.6 Å². The highest BCUT2D eigenvalue weighted by molar-refractivity contribution is 5.96. The van der Waals surface area contributed by atoms with Crippen LogP contribution in [0.1, 0.15) is 84.5 Å². The number of guanidine groups is 5. The van der Waals surface area contributed by atoms with Crippen LogP contribution in [0.2, 0.25) is 0 Å². The smallest absolute Gasteiger partial charge is 0.243 e. The molecule has 0 aromatic heterocycles. The third kappa shape index (κ3) is 29.2. The van der Waals surface area contributed by atoms with Gasteiger partial charge in [-0.1, -0.05) is 0 Å². The van der Waals surface area contributed by atoms with Crippen molar-refractivity contribution in [3.8, 4) is 0 Å². The predicted octanol–water partition coefficient (Wildman–Crippen LogP) is -6.16. The van der Waals surface area contributed by atoms with Crippen molar-refractivity contribution >= 4 is 71.0 Å². The largest absolute Gasteiger partial charge is 0.370 e. The topological polar surface area (TPSA) is 501 Å². The van der Waals surface area contributed by atoms with E-state index < -0.39 is 65.7 Å². The summed E-state index contributed by atoms with van der Waals surface area (Å²) in [5.74, 6) is -6.20. The van der Waals surface area contributed by atoms with Crippen LogP contribution < -0.4 is 87.2 Å². The number of amides is 6. The fraction of sp³-hybridized carbons (Fsp3) is 0.667. The number of hydrogen-bond donors (Lipinski definition) is 21. The quantitative estimate of drug-likeness (QED) is 0.0165. The highest BCUT2D eigenvalue weighted by Crippen LogP contribution is 2.08. The fourth-order valence-electron chi connectivity index (χ4n) is 5.83. The molecular weight excluding hydrogens is 839 g/mol. The summed E-state index contributed by atoms with van der Waals surface area (Å²) in [7, 11) is 0. The molecule has 0 aliphatic rings. The van der Waals surface area contributed by atoms with Crippen molar-refractivity contribution in [1.29, 1.82) is 27.0 Å². The molecule has 0 aliphatic heterocycles. The van der Waals surface area contributed by atoms with Gasteiger partial charge in [-0.3, -0.25) is 60.6 Å². The van der Waals surface area contributed by atoms with Crippen LogP contribution in [0.15, 0.2) is 0 Å². The molecular formula is C36H71N21O7. The van der Waals surface area contributed by atoms with Crippen molar-refractivity contribution in [3.05, 3.63) is 0 Å². The SMILES string of the molecule is CC(=O)CNC(=O)[C@H](CCCCNC(=N)N)NC(=O)[C@H](CCCNC(=N)N)NC(=O)[C@H](CCCNC(=N)N)NC(=O)[C@H](CCCNC(=N)N)NC(=O)[C@H](CCCNC(=N)N)NC(C)=O. The molecule has 0 unspecified atom stereocenters. The monoisotopic (exact) mass is 910 g/mol. The normalized spacial score (nSPS) is 12.8. The van der Waals surface area contributed by atoms with E-state index in [0.29, 0.717) is 25.8 Å². The minimum absolute atomic E-state index is 0.0250. The molecule has 0 saturated carbocycles. The zero-order valence-corrected chi connectivity index (χ0v) is 36.7. The molecule has 0 aromatic carbocycles. The Bertz CT molecular complexity index is 1610. The van der Waals surface area contributed by atoms with E-state index >= 15 is 0 Å². The Morgan fingerprint density at radius 3 is 0.875 bits per heavy atom. The van der Waals surface area contributed by atoms with Crippen molar-refractivity contribution in [2.75, 3.05) is 39.3 Å². The summed E-state index contributed by atoms with van der Waals surface area (Å²) >= 11 is 0. The van der Waals surface area contributed by atoms with Crippen molar-refractivity contribution < 1.29 is 33.6 Å². The highest BCUT2D eigenvalue weighted by Gasteiger charge is 2.32. The Balaban J connectivity index is 6.66. The summed E-state index contributed by atoms with van der Waals surface area (Å²) in [6, 6.07) is -6.22. The average molecular weight is 910 g/mol. The number of carbonyl (C=O) groups is 7. The molecule has 0 radical (unpaired) electrons. The van der Waals surface area contributed by atoms with Gasteiger partial charge in [-0.2, -0.15) is 0 Å². The number of unbranched alkanes of at least 4 members (excludes halogenated alkanes) is 1. The van der Waals surface area contributed by atoms with Gasteiger partial charge in [0.25, 0.3) is 0 Å². The van der Waals surface area contributed by atoms with E-state index in [2.05, 4.69) is 58.5 Å². The first-order valence-corrected chi connectivity index (χ1v) is 20.8. The van der Waals surface area contributed by atoms with E-state index in [1.807, 2.05) is 0 Å². The van der Waals surface area contributed by atoms with Gasteiger partial charge in [-0.05, 0) is 77.6 Å². The van der Waals surface area contributed by atoms with Crippen molar-refractivity contribution in [1.82, 2.24) is 58.5 Å². The Kier molecular flexibility index (Phi) is 28.9. The first-order chi connectivity index (χ1) is 30.1. The molecule has 0 saturated heterocycles. The molecule has 0 aromatic rings. The molecule has 0 heterocycles. The number of ketones is 1. The fourth-order valence-corrected chi connectivity index (χ4v) is 5.83. The van der Waals surface area contributed by atoms with Crippen LogP contribution in [-0.4, -0.2) is 141 Å². The Hall–Kier alpha value is -7.16. The predicted molar refractivity (Wildman–Crippen MR) is 239 cm³/mol. The zero-order valence-electron chi connectivity index (χ0n) is 36.7. The van der Waals surface area contributed by atoms with Gasteiger partial charge < -0.3 is 87.2 Å². The third-order valence-electron chi connectivity index (χ3n) is 8.91. The minimum Gasteiger partial charge on any atom is -0.370 e. The van der Waals surface area contributed by atoms with E-state index in [4.69, 9.17) is 55.7 Å². The van der Waals surface area contributed by atoms with Crippen LogP contribution in [0.25, 0.3) is 0 Å². The summed E-state index contributed by atoms with van der Waals surface area (Å²) in [4.78, 5) is 92.5. The van der Waals surface area contributed by atoms with Gasteiger partial charge >= 0.3 is 0 Å². The highest BCUT2D eigenvalue weighted by atomic mass is 16.2. The van der Waals surface area contributed by atoms with Crippen LogP contribution in [0.5, 0.6) is 0 Å². The van der Waals surface area contributed by atoms with Crippen LogP contribution in [0.4, 0.5) is 0 Å². The van der Waals surface area contributed by atoms with Gasteiger partial charge in [-0.25, -0.2) is 0 Å². The number of rotatable bonds is 33. The Morgan fingerprint density at radius 1 is 0.359 bits per heavy atom. The summed E-state index contributed by atoms with van der Waals surface area (Å²) in [5.41, 5.74) is 26.9. The maximum atomic E-state index is 14.1. The van der Waals surface area contributed by atoms with Gasteiger partial charge in [0.2, 0.25) is 35.4 Å². The second-order valence-electron chi connectivity index (χ2n) is 14.7. The molecule has 0 rings (SSSR count). The van der Waals surface area contributed by atoms with Crippen LogP contribution in [0, 0.1) is 27.0 Å². The molecule has 5 atom stereocenters. The lowest BCUT2D eigenvalue weighted by Crippen LogP contribution is -2.59. The van der Waals surface area contributed by atoms with Crippen LogP contribution >= 0.6 is 0 Å². The molecule has 0 aliphatic carbocycles. The van der Waals surface area contributed by atoms with E-state index in [1.54, 1.807) is 0 Å². The number of Topliss-reactive ketones (excluding diaryl/α,β-unsaturated/α-hetero) is 1. The van der Waals surface area contributed by atoms with Crippen molar-refractivity contribution in [2.45, 2.75) is 115 Å². The molecule has 64 heavy (non-hydrogen) atoms. The van der Waals surface area contributed by atoms with E-state index in [1.165, 1.54) is 13.8 Å². The molecule has 28 nitrogen and oxygen atoms in total. The number of nitrogens with one attached hydrogen (secondary N) is 16. The Labute approximate surface area is 372 Å². The van der Waals surface area contributed by atoms with Gasteiger partial charge in [0.1, 0.15) is 36.0 Å². The standard InChI is InChI=1S/C36H71N21O7/c1-20(58)19-52-27(60)22(9-3-4-14-47-32(37)38)54-29(62)24(11-6-16-49-34(41)42)56-31(64)26(13-8-18-51-36(45)46)57-30(63)25(12-7-17-50-35(43)44)55-28(61)23(53-21(2)59)10-5-15-48-33(39)40/h22-26H,3-19H2,1-2H3,(H,52,60)(H,53,59)(H,54,62)(H,55,61)(H,56,64)(H,57,63)(H4,37,38,47)(H4,39,40,48)(H4,41,42,49)(H4,43,44,50)(H4,45,46,51)/t22-,23-,24-,25-,26-/m0/s1. The summed E-state index contributed by atoms with van der Waals surface area (Å²) in [5, 5.41) is 65.8. The molecule has 0 bridgehead atoms. The van der Waals surface area contributed by atoms with Gasteiger partial charge in [0.15, 0.2) is 29.8 Å². The molecule has 362 valence electrons. The van der Waals surface area contributed by atoms with E-state index in [9.17, 15) is 33.6 Å². The third-order valence-corrected chi connectivity index (χ3v) is 8.91. The van der Waals surface area contributed by atoms with Crippen molar-refractivity contribution in [3.63, 3.8) is 0 Å². The lowest BCUT2D eigenvalue weighted by Gasteiger charge is -2.27. The maximum Gasteiger partial charge on any atom is 0.243 e. The lowest BCUT2D eigenvalue weighted by molar-refractivity contribution is -0.135. The lowest BCUT2D eigenvalue weighted by atomic mass is 10.0. The number of hydrogen-bond acceptors (Lipinski definition) is 12. The molecule has 28 heteroatoms. The Morgan fingerprint density at radius 2 is 0.609 bits per heavy atom. The molecule has 0 spiro atoms. The average Bonchev–Trinajstić information content (AvgIpc) is 3.19. The van der Waals surface area contributed by atoms with Crippen molar-refractivity contribution in [2.24, 2.45) is 28.7 Å². The summed E-state index contributed by atoms with van der Waals surface area (Å²) < 4.78 is 0. The summed E-state index contributed by atoms with van der Waals surface area (Å²) in [6.45, 7) is 3.10. The second kappa shape index (κ2) is 32.5. The maximum absolute atomic E-state index is 14.1. The van der Waals surface area contributed by atoms with Gasteiger partial charge in [0.05, 0.1) is 6.54 Å². The first-order valence-electron chi connectivity index (χ1n) is 20.8. The molecule has 26 N–H and O–H groups in total. The minimum atomic E-state index is -1.35. The first kappa shape index (κ1) is 56.8. The van der Waals surface area contributed by atoms with Gasteiger partial charge in [-0.15, -0.1) is 0 Å². The zero-order chi connectivity index (χ0) is 48.6. The van der Waals surface area contributed by atoms with E-state index in [-0.39, 0.29) is 120 Å². The second-order valence-corrected chi connectivity index (χ2v) is 14.7. The molecule has 0 fully saturated rings. The van der Waals surface area contributed by atoms with Crippen LogP contribution in [0.3, 0.4) is 0 Å². The summed E-state index contributed by atoms with van der Waals surface area (Å²) in [6.07, 6.45) is 1.79. The number of carbonyl (C=O) groups excluding carboxylic acids is 7. The van der Waals surface area contributed by atoms with E-state index in [0.717, 1.165) is 0 Å². The molecule has 6 amide bonds.